The molecule has 8 heteroatoms. The van der Waals surface area contributed by atoms with Gasteiger partial charge in [-0.2, -0.15) is 0 Å². The lowest BCUT2D eigenvalue weighted by Gasteiger charge is -2.25. The number of nitrogens with zero attached hydrogens (tertiary/aromatic N) is 1. The van der Waals surface area contributed by atoms with Gasteiger partial charge in [0.2, 0.25) is 0 Å². The molecule has 2 heterocycles. The number of benzene rings is 3. The highest BCUT2D eigenvalue weighted by atomic mass is 35.5. The first-order chi connectivity index (χ1) is 16.7. The quantitative estimate of drug-likeness (QED) is 0.180. The van der Waals surface area contributed by atoms with Gasteiger partial charge < -0.3 is 24.0 Å². The lowest BCUT2D eigenvalue weighted by atomic mass is 10.1. The molecule has 2 N–H and O–H groups in total. The number of phenols is 2. The molecule has 1 fully saturated rings. The van der Waals surface area contributed by atoms with Crippen LogP contribution in [0.3, 0.4) is 0 Å². The third kappa shape index (κ3) is 6.42. The second kappa shape index (κ2) is 12.0. The molecule has 5 nitrogen and oxygen atoms in total. The molecule has 5 rings (SSSR count). The summed E-state index contributed by atoms with van der Waals surface area (Å²) in [6, 6.07) is 20.3. The van der Waals surface area contributed by atoms with Crippen molar-refractivity contribution >= 4 is 45.9 Å². The number of rotatable bonds is 8. The van der Waals surface area contributed by atoms with Gasteiger partial charge in [-0.05, 0) is 98.2 Å². The minimum atomic E-state index is 0. The van der Waals surface area contributed by atoms with Gasteiger partial charge in [-0.15, -0.1) is 23.7 Å². The van der Waals surface area contributed by atoms with Gasteiger partial charge >= 0.3 is 0 Å². The smallest absolute Gasteiger partial charge is 0.153 e. The number of phenolic OH excluding ortho intramolecular Hbond substituents is 2. The van der Waals surface area contributed by atoms with Gasteiger partial charge in [0.15, 0.2) is 5.75 Å². The van der Waals surface area contributed by atoms with Crippen LogP contribution in [0.4, 0.5) is 0 Å². The summed E-state index contributed by atoms with van der Waals surface area (Å²) < 4.78 is 13.1. The molecule has 0 atom stereocenters. The number of thiophene rings is 1. The fraction of sp³-hybridized carbons (Fsp3) is 0.259. The van der Waals surface area contributed by atoms with Gasteiger partial charge in [0.25, 0.3) is 0 Å². The molecule has 35 heavy (non-hydrogen) atoms. The topological polar surface area (TPSA) is 62.2 Å². The molecule has 0 radical (unpaired) electrons. The molecule has 184 valence electrons. The second-order valence-corrected chi connectivity index (χ2v) is 10.3. The van der Waals surface area contributed by atoms with E-state index in [-0.39, 0.29) is 23.9 Å². The molecule has 0 amide bonds. The van der Waals surface area contributed by atoms with E-state index in [0.717, 1.165) is 43.5 Å². The summed E-state index contributed by atoms with van der Waals surface area (Å²) in [5.41, 5.74) is 0.947. The molecular weight excluding hydrogens is 502 g/mol. The highest BCUT2D eigenvalue weighted by Gasteiger charge is 2.17. The second-order valence-electron chi connectivity index (χ2n) is 8.37. The van der Waals surface area contributed by atoms with Crippen LogP contribution in [-0.2, 0) is 4.18 Å². The normalized spacial score (nSPS) is 14.1. The first-order valence-corrected chi connectivity index (χ1v) is 13.1. The number of halogens is 1. The fourth-order valence-corrected chi connectivity index (χ4v) is 5.82. The Kier molecular flexibility index (Phi) is 8.81. The van der Waals surface area contributed by atoms with Crippen LogP contribution < -0.4 is 4.74 Å². The van der Waals surface area contributed by atoms with E-state index in [1.54, 1.807) is 35.6 Å². The van der Waals surface area contributed by atoms with Crippen molar-refractivity contribution in [1.82, 2.24) is 4.90 Å². The SMILES string of the molecule is Cl.Oc1ccc(-c2sc3cc(O)ccc3c2Oc2ccc(SOCCN3CCCCC3)cc2)cc1. The first kappa shape index (κ1) is 25.7. The van der Waals surface area contributed by atoms with Gasteiger partial charge in [-0.1, -0.05) is 6.42 Å². The molecule has 0 aliphatic carbocycles. The fourth-order valence-electron chi connectivity index (χ4n) is 4.11. The number of fused-ring (bicyclic) bond motifs is 1. The summed E-state index contributed by atoms with van der Waals surface area (Å²) in [7, 11) is 0. The van der Waals surface area contributed by atoms with Crippen molar-refractivity contribution in [3.63, 3.8) is 0 Å². The maximum Gasteiger partial charge on any atom is 0.153 e. The Morgan fingerprint density at radius 2 is 1.57 bits per heavy atom. The van der Waals surface area contributed by atoms with Gasteiger partial charge in [0.1, 0.15) is 17.2 Å². The number of hydrogen-bond acceptors (Lipinski definition) is 7. The minimum Gasteiger partial charge on any atom is -0.508 e. The predicted molar refractivity (Wildman–Crippen MR) is 146 cm³/mol. The van der Waals surface area contributed by atoms with Crippen molar-refractivity contribution in [3.8, 4) is 33.4 Å². The average Bonchev–Trinajstić information content (AvgIpc) is 3.21. The zero-order chi connectivity index (χ0) is 23.3. The third-order valence-electron chi connectivity index (χ3n) is 5.90. The van der Waals surface area contributed by atoms with Crippen LogP contribution >= 0.6 is 35.8 Å². The molecule has 0 saturated carbocycles. The van der Waals surface area contributed by atoms with Crippen LogP contribution in [-0.4, -0.2) is 41.4 Å². The molecule has 0 bridgehead atoms. The number of ether oxygens (including phenoxy) is 1. The molecule has 4 aromatic rings. The average molecular weight is 530 g/mol. The lowest BCUT2D eigenvalue weighted by Crippen LogP contribution is -2.32. The molecule has 1 aliphatic heterocycles. The summed E-state index contributed by atoms with van der Waals surface area (Å²) in [5.74, 6) is 1.91. The van der Waals surface area contributed by atoms with E-state index in [2.05, 4.69) is 4.90 Å². The van der Waals surface area contributed by atoms with Gasteiger partial charge in [0.05, 0.1) is 11.5 Å². The Bertz CT molecular complexity index is 1240. The minimum absolute atomic E-state index is 0. The maximum absolute atomic E-state index is 9.94. The van der Waals surface area contributed by atoms with E-state index >= 15 is 0 Å². The molecular formula is C27H28ClNO4S2. The highest BCUT2D eigenvalue weighted by molar-refractivity contribution is 7.94. The van der Waals surface area contributed by atoms with E-state index in [4.69, 9.17) is 8.92 Å². The molecule has 1 aliphatic rings. The van der Waals surface area contributed by atoms with Crippen molar-refractivity contribution in [3.05, 3.63) is 66.7 Å². The Labute approximate surface area is 219 Å². The number of likely N-dealkylation sites (tertiary alicyclic amines) is 1. The van der Waals surface area contributed by atoms with Crippen molar-refractivity contribution in [2.24, 2.45) is 0 Å². The lowest BCUT2D eigenvalue weighted by molar-refractivity contribution is 0.194. The summed E-state index contributed by atoms with van der Waals surface area (Å²) >= 11 is 2.95. The Morgan fingerprint density at radius 3 is 2.31 bits per heavy atom. The van der Waals surface area contributed by atoms with Crippen molar-refractivity contribution in [2.75, 3.05) is 26.2 Å². The number of piperidine rings is 1. The van der Waals surface area contributed by atoms with Gasteiger partial charge in [-0.3, -0.25) is 0 Å². The highest BCUT2D eigenvalue weighted by Crippen LogP contribution is 2.47. The van der Waals surface area contributed by atoms with Gasteiger partial charge in [0, 0.05) is 33.6 Å². The molecule has 0 spiro atoms. The largest absolute Gasteiger partial charge is 0.508 e. The number of aromatic hydroxyl groups is 2. The Hall–Kier alpha value is -2.42. The zero-order valence-corrected chi connectivity index (χ0v) is 21.6. The molecule has 1 saturated heterocycles. The standard InChI is InChI=1S/C27H27NO4S2.ClH/c29-20-6-4-19(5-7-20)27-26(24-13-8-21(30)18-25(24)33-27)32-22-9-11-23(12-10-22)34-31-17-16-28-14-2-1-3-15-28;/h4-13,18,29-30H,1-3,14-17H2;1H. The van der Waals surface area contributed by atoms with Crippen molar-refractivity contribution in [1.29, 1.82) is 0 Å². The predicted octanol–water partition coefficient (Wildman–Crippen LogP) is 7.70. The van der Waals surface area contributed by atoms with E-state index in [1.807, 2.05) is 42.5 Å². The van der Waals surface area contributed by atoms with E-state index in [1.165, 1.54) is 44.4 Å². The van der Waals surface area contributed by atoms with Crippen LogP contribution in [0.2, 0.25) is 0 Å². The monoisotopic (exact) mass is 529 g/mol. The summed E-state index contributed by atoms with van der Waals surface area (Å²) in [6.45, 7) is 4.06. The summed E-state index contributed by atoms with van der Waals surface area (Å²) in [5, 5.41) is 20.6. The van der Waals surface area contributed by atoms with Crippen molar-refractivity contribution < 1.29 is 19.1 Å². The van der Waals surface area contributed by atoms with Crippen LogP contribution in [0, 0.1) is 0 Å². The van der Waals surface area contributed by atoms with Crippen LogP contribution in [0.1, 0.15) is 19.3 Å². The molecule has 3 aromatic carbocycles. The first-order valence-electron chi connectivity index (χ1n) is 11.5. The zero-order valence-electron chi connectivity index (χ0n) is 19.2. The third-order valence-corrected chi connectivity index (χ3v) is 7.83. The molecule has 0 unspecified atom stereocenters. The Morgan fingerprint density at radius 1 is 0.857 bits per heavy atom. The summed E-state index contributed by atoms with van der Waals surface area (Å²) in [4.78, 5) is 4.45. The molecule has 1 aromatic heterocycles. The van der Waals surface area contributed by atoms with E-state index < -0.39 is 0 Å². The van der Waals surface area contributed by atoms with E-state index in [9.17, 15) is 10.2 Å². The van der Waals surface area contributed by atoms with Gasteiger partial charge in [-0.25, -0.2) is 0 Å². The Balaban J connectivity index is 0.00000289. The van der Waals surface area contributed by atoms with Crippen molar-refractivity contribution in [2.45, 2.75) is 24.2 Å². The van der Waals surface area contributed by atoms with Crippen LogP contribution in [0.5, 0.6) is 23.0 Å². The van der Waals surface area contributed by atoms with Crippen LogP contribution in [0.15, 0.2) is 71.6 Å². The maximum atomic E-state index is 9.94. The number of hydrogen-bond donors (Lipinski definition) is 2. The van der Waals surface area contributed by atoms with E-state index in [0.29, 0.717) is 6.61 Å². The van der Waals surface area contributed by atoms with Crippen LogP contribution in [0.25, 0.3) is 20.5 Å². The summed E-state index contributed by atoms with van der Waals surface area (Å²) in [6.07, 6.45) is 3.94.